The Morgan fingerprint density at radius 1 is 0.929 bits per heavy atom. The summed E-state index contributed by atoms with van der Waals surface area (Å²) >= 11 is 0. The molecule has 1 aromatic carbocycles. The van der Waals surface area contributed by atoms with Crippen LogP contribution < -0.4 is 56.5 Å². The molecule has 0 atom stereocenters. The minimum absolute atomic E-state index is 0. The van der Waals surface area contributed by atoms with Gasteiger partial charge in [-0.2, -0.15) is 0 Å². The van der Waals surface area contributed by atoms with Crippen LogP contribution in [-0.4, -0.2) is 0 Å². The van der Waals surface area contributed by atoms with Crippen LogP contribution in [-0.2, 0) is 0 Å². The van der Waals surface area contributed by atoms with Crippen molar-refractivity contribution in [2.45, 2.75) is 39.5 Å². The Morgan fingerprint density at radius 2 is 1.29 bits per heavy atom. The van der Waals surface area contributed by atoms with E-state index in [1.807, 2.05) is 18.2 Å². The second kappa shape index (κ2) is 6.28. The summed E-state index contributed by atoms with van der Waals surface area (Å²) in [6.45, 7) is 8.23. The van der Waals surface area contributed by atoms with Crippen LogP contribution in [0.3, 0.4) is 0 Å². The molecule has 0 saturated carbocycles. The molecule has 1 rings (SSSR count). The monoisotopic (exact) mass is 216 g/mol. The number of benzene rings is 1. The summed E-state index contributed by atoms with van der Waals surface area (Å²) in [5.41, 5.74) is 1.87. The van der Waals surface area contributed by atoms with E-state index in [9.17, 15) is 5.11 Å². The van der Waals surface area contributed by atoms with Gasteiger partial charge in [-0.05, 0) is 11.8 Å². The molecule has 0 radical (unpaired) electrons. The molecule has 72 valence electrons. The van der Waals surface area contributed by atoms with Crippen LogP contribution >= 0.6 is 0 Å². The molecular weight excluding hydrogens is 199 g/mol. The zero-order valence-electron chi connectivity index (χ0n) is 9.79. The van der Waals surface area contributed by atoms with Gasteiger partial charge in [0.05, 0.1) is 0 Å². The predicted octanol–water partition coefficient (Wildman–Crippen LogP) is 0.0110. The molecule has 0 heterocycles. The predicted molar refractivity (Wildman–Crippen MR) is 54.1 cm³/mol. The largest absolute Gasteiger partial charge is 1.00 e. The molecule has 14 heavy (non-hydrogen) atoms. The van der Waals surface area contributed by atoms with Crippen molar-refractivity contribution in [3.63, 3.8) is 0 Å². The minimum Gasteiger partial charge on any atom is -0.872 e. The minimum atomic E-state index is 0. The molecule has 0 fully saturated rings. The van der Waals surface area contributed by atoms with Gasteiger partial charge in [-0.3, -0.25) is 0 Å². The molecule has 0 N–H and O–H groups in total. The Kier molecular flexibility index (Phi) is 6.58. The van der Waals surface area contributed by atoms with Gasteiger partial charge in [0, 0.05) is 0 Å². The van der Waals surface area contributed by atoms with E-state index in [0.717, 1.165) is 11.1 Å². The zero-order chi connectivity index (χ0) is 10.0. The Bertz CT molecular complexity index is 266. The summed E-state index contributed by atoms with van der Waals surface area (Å²) in [6.07, 6.45) is 0. The van der Waals surface area contributed by atoms with E-state index in [4.69, 9.17) is 0 Å². The van der Waals surface area contributed by atoms with Gasteiger partial charge in [0.25, 0.3) is 0 Å². The van der Waals surface area contributed by atoms with E-state index in [0.29, 0.717) is 11.8 Å². The average molecular weight is 216 g/mol. The topological polar surface area (TPSA) is 23.1 Å². The summed E-state index contributed by atoms with van der Waals surface area (Å²) in [4.78, 5) is 0. The molecule has 1 aromatic rings. The van der Waals surface area contributed by atoms with E-state index in [2.05, 4.69) is 27.7 Å². The van der Waals surface area contributed by atoms with Crippen molar-refractivity contribution in [1.29, 1.82) is 0 Å². The maximum Gasteiger partial charge on any atom is 1.00 e. The fraction of sp³-hybridized carbons (Fsp3) is 0.500. The first-order valence-electron chi connectivity index (χ1n) is 4.83. The van der Waals surface area contributed by atoms with Crippen LogP contribution in [0.4, 0.5) is 0 Å². The SMILES string of the molecule is CC(C)c1cccc(C(C)C)c1[O-].[K+]. The molecule has 0 bridgehead atoms. The van der Waals surface area contributed by atoms with Crippen LogP contribution in [0.1, 0.15) is 50.7 Å². The maximum absolute atomic E-state index is 11.9. The van der Waals surface area contributed by atoms with Gasteiger partial charge in [0.1, 0.15) is 0 Å². The first-order chi connectivity index (χ1) is 6.04. The van der Waals surface area contributed by atoms with Crippen LogP contribution in [0.2, 0.25) is 0 Å². The Morgan fingerprint density at radius 3 is 1.57 bits per heavy atom. The van der Waals surface area contributed by atoms with Crippen molar-refractivity contribution < 1.29 is 56.5 Å². The van der Waals surface area contributed by atoms with Gasteiger partial charge in [-0.1, -0.05) is 57.0 Å². The molecule has 1 nitrogen and oxygen atoms in total. The molecule has 0 aliphatic rings. The standard InChI is InChI=1S/C12H18O.K/c1-8(2)10-6-5-7-11(9(3)4)12(10)13;/h5-9,13H,1-4H3;/q;+1/p-1. The fourth-order valence-electron chi connectivity index (χ4n) is 1.48. The number of hydrogen-bond donors (Lipinski definition) is 0. The molecule has 0 saturated heterocycles. The molecule has 0 aliphatic carbocycles. The first kappa shape index (κ1) is 14.7. The molecule has 2 heteroatoms. The fourth-order valence-corrected chi connectivity index (χ4v) is 1.48. The van der Waals surface area contributed by atoms with Gasteiger partial charge in [0.2, 0.25) is 0 Å². The number of hydrogen-bond acceptors (Lipinski definition) is 1. The molecule has 0 aliphatic heterocycles. The van der Waals surface area contributed by atoms with Crippen molar-refractivity contribution >= 4 is 0 Å². The van der Waals surface area contributed by atoms with Crippen LogP contribution in [0, 0.1) is 0 Å². The quantitative estimate of drug-likeness (QED) is 0.639. The van der Waals surface area contributed by atoms with Gasteiger partial charge < -0.3 is 5.11 Å². The normalized spacial score (nSPS) is 10.4. The van der Waals surface area contributed by atoms with E-state index in [-0.39, 0.29) is 57.1 Å². The summed E-state index contributed by atoms with van der Waals surface area (Å²) < 4.78 is 0. The van der Waals surface area contributed by atoms with E-state index < -0.39 is 0 Å². The maximum atomic E-state index is 11.9. The molecule has 0 unspecified atom stereocenters. The number of para-hydroxylation sites is 1. The van der Waals surface area contributed by atoms with Crippen molar-refractivity contribution in [2.75, 3.05) is 0 Å². The average Bonchev–Trinajstić information content (AvgIpc) is 2.03. The first-order valence-corrected chi connectivity index (χ1v) is 4.83. The third-order valence-corrected chi connectivity index (χ3v) is 2.32. The van der Waals surface area contributed by atoms with Gasteiger partial charge in [0.15, 0.2) is 0 Å². The van der Waals surface area contributed by atoms with Gasteiger partial charge in [-0.25, -0.2) is 0 Å². The summed E-state index contributed by atoms with van der Waals surface area (Å²) in [7, 11) is 0. The smallest absolute Gasteiger partial charge is 0.872 e. The van der Waals surface area contributed by atoms with Crippen LogP contribution in [0.15, 0.2) is 18.2 Å². The van der Waals surface area contributed by atoms with E-state index in [1.165, 1.54) is 0 Å². The molecular formula is C12H17KO. The second-order valence-electron chi connectivity index (χ2n) is 4.07. The molecule has 0 spiro atoms. The third kappa shape index (κ3) is 3.35. The second-order valence-corrected chi connectivity index (χ2v) is 4.07. The Balaban J connectivity index is 0.00000169. The van der Waals surface area contributed by atoms with E-state index >= 15 is 0 Å². The molecule has 0 amide bonds. The van der Waals surface area contributed by atoms with E-state index in [1.54, 1.807) is 0 Å². The zero-order valence-corrected chi connectivity index (χ0v) is 12.9. The Hall–Kier alpha value is 0.656. The van der Waals surface area contributed by atoms with Crippen molar-refractivity contribution in [3.8, 4) is 5.75 Å². The van der Waals surface area contributed by atoms with Gasteiger partial charge in [-0.15, -0.1) is 5.75 Å². The summed E-state index contributed by atoms with van der Waals surface area (Å²) in [5, 5.41) is 11.9. The van der Waals surface area contributed by atoms with Gasteiger partial charge >= 0.3 is 51.4 Å². The Labute approximate surface area is 129 Å². The third-order valence-electron chi connectivity index (χ3n) is 2.32. The van der Waals surface area contributed by atoms with Crippen LogP contribution in [0.5, 0.6) is 5.75 Å². The summed E-state index contributed by atoms with van der Waals surface area (Å²) in [5.74, 6) is 0.880. The van der Waals surface area contributed by atoms with Crippen molar-refractivity contribution in [2.24, 2.45) is 0 Å². The molecule has 0 aromatic heterocycles. The summed E-state index contributed by atoms with van der Waals surface area (Å²) in [6, 6.07) is 5.84. The van der Waals surface area contributed by atoms with Crippen molar-refractivity contribution in [3.05, 3.63) is 29.3 Å². The van der Waals surface area contributed by atoms with Crippen LogP contribution in [0.25, 0.3) is 0 Å². The van der Waals surface area contributed by atoms with Crippen molar-refractivity contribution in [1.82, 2.24) is 0 Å². The number of rotatable bonds is 2.